The molecule has 0 amide bonds. The van der Waals surface area contributed by atoms with Crippen LogP contribution in [0.3, 0.4) is 0 Å². The minimum Gasteiger partial charge on any atom is -0.507 e. The van der Waals surface area contributed by atoms with Gasteiger partial charge in [0.1, 0.15) is 17.2 Å². The van der Waals surface area contributed by atoms with E-state index in [0.717, 1.165) is 14.5 Å². The van der Waals surface area contributed by atoms with Crippen LogP contribution in [0.25, 0.3) is 10.9 Å². The van der Waals surface area contributed by atoms with Crippen LogP contribution in [-0.4, -0.2) is 26.6 Å². The molecular weight excluding hydrogens is 369 g/mol. The van der Waals surface area contributed by atoms with Crippen LogP contribution in [0.5, 0.6) is 11.5 Å². The quantitative estimate of drug-likeness (QED) is 0.472. The number of benzene rings is 2. The van der Waals surface area contributed by atoms with Gasteiger partial charge in [-0.2, -0.15) is 5.10 Å². The van der Waals surface area contributed by atoms with Gasteiger partial charge < -0.3 is 10.2 Å². The van der Waals surface area contributed by atoms with E-state index >= 15 is 0 Å². The molecule has 0 saturated carbocycles. The summed E-state index contributed by atoms with van der Waals surface area (Å²) in [6.07, 6.45) is 3.19. The SMILES string of the molecule is Oc1ccc(I)cc1/C=N/c1cc2cn[nH]c2cc1O. The summed E-state index contributed by atoms with van der Waals surface area (Å²) in [4.78, 5) is 4.23. The summed E-state index contributed by atoms with van der Waals surface area (Å²) in [6, 6.07) is 8.54. The van der Waals surface area contributed by atoms with Crippen molar-refractivity contribution in [3.05, 3.63) is 45.7 Å². The largest absolute Gasteiger partial charge is 0.507 e. The molecule has 2 aromatic carbocycles. The number of hydrogen-bond acceptors (Lipinski definition) is 4. The molecule has 3 N–H and O–H groups in total. The molecule has 0 saturated heterocycles. The number of phenols is 2. The zero-order valence-corrected chi connectivity index (χ0v) is 12.4. The molecule has 3 aromatic rings. The molecule has 0 aliphatic rings. The summed E-state index contributed by atoms with van der Waals surface area (Å²) in [7, 11) is 0. The van der Waals surface area contributed by atoms with Crippen molar-refractivity contribution in [2.75, 3.05) is 0 Å². The molecule has 0 aliphatic carbocycles. The predicted molar refractivity (Wildman–Crippen MR) is 85.8 cm³/mol. The number of nitrogens with zero attached hydrogens (tertiary/aromatic N) is 2. The number of H-pyrrole nitrogens is 1. The van der Waals surface area contributed by atoms with Crippen molar-refractivity contribution in [2.45, 2.75) is 0 Å². The Kier molecular flexibility index (Phi) is 3.31. The highest BCUT2D eigenvalue weighted by atomic mass is 127. The zero-order chi connectivity index (χ0) is 14.1. The summed E-state index contributed by atoms with van der Waals surface area (Å²) in [5.74, 6) is 0.209. The van der Waals surface area contributed by atoms with Crippen LogP contribution in [0.2, 0.25) is 0 Å². The van der Waals surface area contributed by atoms with Gasteiger partial charge in [-0.3, -0.25) is 10.1 Å². The highest BCUT2D eigenvalue weighted by molar-refractivity contribution is 14.1. The Morgan fingerprint density at radius 1 is 1.15 bits per heavy atom. The first-order valence-corrected chi connectivity index (χ1v) is 6.90. The second-order valence-electron chi connectivity index (χ2n) is 4.26. The predicted octanol–water partition coefficient (Wildman–Crippen LogP) is 3.33. The van der Waals surface area contributed by atoms with Gasteiger partial charge in [-0.25, -0.2) is 0 Å². The van der Waals surface area contributed by atoms with Gasteiger partial charge in [-0.1, -0.05) is 0 Å². The van der Waals surface area contributed by atoms with Crippen molar-refractivity contribution >= 4 is 45.4 Å². The van der Waals surface area contributed by atoms with E-state index in [9.17, 15) is 10.2 Å². The Bertz CT molecular complexity index is 811. The van der Waals surface area contributed by atoms with Crippen LogP contribution in [0.4, 0.5) is 5.69 Å². The number of rotatable bonds is 2. The topological polar surface area (TPSA) is 81.5 Å². The first-order chi connectivity index (χ1) is 9.63. The minimum atomic E-state index is 0.0584. The average molecular weight is 379 g/mol. The van der Waals surface area contributed by atoms with Crippen LogP contribution in [0.1, 0.15) is 5.56 Å². The minimum absolute atomic E-state index is 0.0584. The molecule has 100 valence electrons. The highest BCUT2D eigenvalue weighted by Crippen LogP contribution is 2.31. The molecule has 0 spiro atoms. The van der Waals surface area contributed by atoms with Crippen molar-refractivity contribution in [1.82, 2.24) is 10.2 Å². The number of aromatic amines is 1. The van der Waals surface area contributed by atoms with Crippen molar-refractivity contribution in [3.63, 3.8) is 0 Å². The number of aliphatic imine (C=N–C) groups is 1. The molecular formula is C14H10IN3O2. The van der Waals surface area contributed by atoms with Gasteiger partial charge in [0.25, 0.3) is 0 Å². The number of nitrogens with one attached hydrogen (secondary N) is 1. The third-order valence-electron chi connectivity index (χ3n) is 2.87. The first kappa shape index (κ1) is 12.9. The third kappa shape index (κ3) is 2.46. The summed E-state index contributed by atoms with van der Waals surface area (Å²) >= 11 is 2.16. The molecule has 1 heterocycles. The third-order valence-corrected chi connectivity index (χ3v) is 3.54. The van der Waals surface area contributed by atoms with Gasteiger partial charge >= 0.3 is 0 Å². The van der Waals surface area contributed by atoms with E-state index in [2.05, 4.69) is 37.8 Å². The summed E-state index contributed by atoms with van der Waals surface area (Å²) in [5.41, 5.74) is 1.78. The monoisotopic (exact) mass is 379 g/mol. The van der Waals surface area contributed by atoms with E-state index < -0.39 is 0 Å². The lowest BCUT2D eigenvalue weighted by atomic mass is 10.2. The van der Waals surface area contributed by atoms with Crippen molar-refractivity contribution in [2.24, 2.45) is 4.99 Å². The second kappa shape index (κ2) is 5.12. The van der Waals surface area contributed by atoms with Crippen LogP contribution in [0.15, 0.2) is 41.5 Å². The number of phenolic OH excluding ortho intramolecular Hbond substituents is 2. The lowest BCUT2D eigenvalue weighted by molar-refractivity contribution is 0.474. The van der Waals surface area contributed by atoms with Gasteiger partial charge in [0.2, 0.25) is 0 Å². The molecule has 0 radical (unpaired) electrons. The molecule has 0 fully saturated rings. The molecule has 0 atom stereocenters. The second-order valence-corrected chi connectivity index (χ2v) is 5.51. The van der Waals surface area contributed by atoms with Gasteiger partial charge in [0.15, 0.2) is 0 Å². The Balaban J connectivity index is 2.01. The maximum atomic E-state index is 9.90. The molecule has 3 rings (SSSR count). The Morgan fingerprint density at radius 3 is 2.85 bits per heavy atom. The Morgan fingerprint density at radius 2 is 2.00 bits per heavy atom. The van der Waals surface area contributed by atoms with E-state index in [1.54, 1.807) is 24.4 Å². The Labute approximate surface area is 128 Å². The van der Waals surface area contributed by atoms with Crippen LogP contribution in [-0.2, 0) is 0 Å². The fourth-order valence-electron chi connectivity index (χ4n) is 1.84. The van der Waals surface area contributed by atoms with Gasteiger partial charge in [-0.15, -0.1) is 0 Å². The summed E-state index contributed by atoms with van der Waals surface area (Å²) in [5, 5.41) is 27.2. The van der Waals surface area contributed by atoms with E-state index in [1.807, 2.05) is 12.1 Å². The molecule has 5 nitrogen and oxygen atoms in total. The van der Waals surface area contributed by atoms with Crippen LogP contribution >= 0.6 is 22.6 Å². The van der Waals surface area contributed by atoms with E-state index in [0.29, 0.717) is 11.3 Å². The standard InChI is InChI=1S/C14H10IN3O2/c15-10-1-2-13(19)9(3-10)6-16-12-4-8-7-17-18-11(8)5-14(12)20/h1-7,19-20H,(H,17,18)/b16-6+. The number of aromatic nitrogens is 2. The molecule has 20 heavy (non-hydrogen) atoms. The number of fused-ring (bicyclic) bond motifs is 1. The fourth-order valence-corrected chi connectivity index (χ4v) is 2.35. The van der Waals surface area contributed by atoms with Crippen molar-refractivity contribution < 1.29 is 10.2 Å². The van der Waals surface area contributed by atoms with Crippen LogP contribution in [0, 0.1) is 3.57 Å². The number of hydrogen-bond donors (Lipinski definition) is 3. The van der Waals surface area contributed by atoms with Gasteiger partial charge in [0, 0.05) is 26.8 Å². The molecule has 0 aliphatic heterocycles. The average Bonchev–Trinajstić information content (AvgIpc) is 2.86. The van der Waals surface area contributed by atoms with E-state index in [1.165, 1.54) is 6.21 Å². The Hall–Kier alpha value is -2.09. The lowest BCUT2D eigenvalue weighted by Gasteiger charge is -2.01. The van der Waals surface area contributed by atoms with Crippen molar-refractivity contribution in [3.8, 4) is 11.5 Å². The fraction of sp³-hybridized carbons (Fsp3) is 0. The molecule has 0 bridgehead atoms. The van der Waals surface area contributed by atoms with E-state index in [-0.39, 0.29) is 11.5 Å². The molecule has 6 heteroatoms. The van der Waals surface area contributed by atoms with Crippen molar-refractivity contribution in [1.29, 1.82) is 0 Å². The van der Waals surface area contributed by atoms with E-state index in [4.69, 9.17) is 0 Å². The summed E-state index contributed by atoms with van der Waals surface area (Å²) < 4.78 is 0.997. The molecule has 0 unspecified atom stereocenters. The number of halogens is 1. The highest BCUT2D eigenvalue weighted by Gasteiger charge is 2.04. The summed E-state index contributed by atoms with van der Waals surface area (Å²) in [6.45, 7) is 0. The number of aromatic hydroxyl groups is 2. The maximum absolute atomic E-state index is 9.90. The normalized spacial score (nSPS) is 11.4. The smallest absolute Gasteiger partial charge is 0.143 e. The lowest BCUT2D eigenvalue weighted by Crippen LogP contribution is -1.84. The van der Waals surface area contributed by atoms with Gasteiger partial charge in [0.05, 0.1) is 11.7 Å². The zero-order valence-electron chi connectivity index (χ0n) is 10.2. The molecule has 1 aromatic heterocycles. The maximum Gasteiger partial charge on any atom is 0.143 e. The van der Waals surface area contributed by atoms with Crippen LogP contribution < -0.4 is 0 Å². The van der Waals surface area contributed by atoms with Gasteiger partial charge in [-0.05, 0) is 46.9 Å². The first-order valence-electron chi connectivity index (χ1n) is 5.82.